The molecular weight excluding hydrogens is 440 g/mol. The van der Waals surface area contributed by atoms with E-state index < -0.39 is 0 Å². The van der Waals surface area contributed by atoms with Crippen LogP contribution in [0.1, 0.15) is 44.1 Å². The van der Waals surface area contributed by atoms with Gasteiger partial charge in [0.2, 0.25) is 5.91 Å². The monoisotopic (exact) mass is 468 g/mol. The standard InChI is InChI=1S/C25H29ClN4O3/c1-16(2)17(3)27-24(31)18-9-11-29(12-10-18)25(32)21-15-22(23-8-5-13-33-23)30(28-21)20-7-4-6-19(26)14-20/h4-8,13-18H,9-12H2,1-3H3,(H,27,31). The van der Waals surface area contributed by atoms with Gasteiger partial charge in [0.25, 0.3) is 5.91 Å². The molecular formula is C25H29ClN4O3. The van der Waals surface area contributed by atoms with E-state index in [9.17, 15) is 9.59 Å². The van der Waals surface area contributed by atoms with E-state index >= 15 is 0 Å². The van der Waals surface area contributed by atoms with Crippen molar-refractivity contribution >= 4 is 23.4 Å². The van der Waals surface area contributed by atoms with Crippen molar-refractivity contribution in [2.45, 2.75) is 39.7 Å². The smallest absolute Gasteiger partial charge is 0.274 e. The third kappa shape index (κ3) is 5.14. The van der Waals surface area contributed by atoms with Crippen LogP contribution in [-0.4, -0.2) is 45.6 Å². The number of halogens is 1. The van der Waals surface area contributed by atoms with E-state index in [4.69, 9.17) is 16.0 Å². The maximum absolute atomic E-state index is 13.3. The SMILES string of the molecule is CC(C)C(C)NC(=O)C1CCN(C(=O)c2cc(-c3ccco3)n(-c3cccc(Cl)c3)n2)CC1. The molecule has 0 aliphatic carbocycles. The van der Waals surface area contributed by atoms with Crippen molar-refractivity contribution in [3.05, 3.63) is 59.4 Å². The lowest BCUT2D eigenvalue weighted by molar-refractivity contribution is -0.127. The second kappa shape index (κ2) is 9.83. The lowest BCUT2D eigenvalue weighted by Crippen LogP contribution is -2.45. The zero-order chi connectivity index (χ0) is 23.5. The number of piperidine rings is 1. The molecule has 1 fully saturated rings. The van der Waals surface area contributed by atoms with E-state index in [0.29, 0.717) is 54.0 Å². The molecule has 1 aromatic carbocycles. The molecule has 8 heteroatoms. The summed E-state index contributed by atoms with van der Waals surface area (Å²) in [7, 11) is 0. The van der Waals surface area contributed by atoms with Crippen LogP contribution in [0.25, 0.3) is 17.1 Å². The Morgan fingerprint density at radius 3 is 2.52 bits per heavy atom. The van der Waals surface area contributed by atoms with Crippen molar-refractivity contribution in [3.8, 4) is 17.1 Å². The summed E-state index contributed by atoms with van der Waals surface area (Å²) in [6.07, 6.45) is 2.87. The molecule has 1 saturated heterocycles. The number of hydrogen-bond acceptors (Lipinski definition) is 4. The quantitative estimate of drug-likeness (QED) is 0.563. The topological polar surface area (TPSA) is 80.4 Å². The molecule has 174 valence electrons. The molecule has 0 saturated carbocycles. The van der Waals surface area contributed by atoms with Crippen molar-refractivity contribution < 1.29 is 14.0 Å². The molecule has 1 aliphatic heterocycles. The molecule has 1 aliphatic rings. The van der Waals surface area contributed by atoms with E-state index in [2.05, 4.69) is 24.3 Å². The summed E-state index contributed by atoms with van der Waals surface area (Å²) in [6, 6.07) is 12.8. The van der Waals surface area contributed by atoms with Crippen molar-refractivity contribution in [1.82, 2.24) is 20.0 Å². The van der Waals surface area contributed by atoms with Crippen LogP contribution in [0.2, 0.25) is 5.02 Å². The van der Waals surface area contributed by atoms with Gasteiger partial charge in [-0.2, -0.15) is 5.10 Å². The number of aromatic nitrogens is 2. The molecule has 0 spiro atoms. The normalized spacial score (nSPS) is 15.6. The van der Waals surface area contributed by atoms with Gasteiger partial charge in [-0.25, -0.2) is 4.68 Å². The Morgan fingerprint density at radius 2 is 1.88 bits per heavy atom. The summed E-state index contributed by atoms with van der Waals surface area (Å²) in [5.74, 6) is 0.842. The Labute approximate surface area is 198 Å². The highest BCUT2D eigenvalue weighted by atomic mass is 35.5. The summed E-state index contributed by atoms with van der Waals surface area (Å²) in [6.45, 7) is 7.24. The summed E-state index contributed by atoms with van der Waals surface area (Å²) in [5.41, 5.74) is 1.74. The van der Waals surface area contributed by atoms with Gasteiger partial charge in [-0.15, -0.1) is 0 Å². The molecule has 2 aromatic heterocycles. The number of carbonyl (C=O) groups is 2. The summed E-state index contributed by atoms with van der Waals surface area (Å²) >= 11 is 6.18. The first-order chi connectivity index (χ1) is 15.8. The molecule has 3 aromatic rings. The van der Waals surface area contributed by atoms with E-state index in [1.165, 1.54) is 0 Å². The molecule has 33 heavy (non-hydrogen) atoms. The number of carbonyl (C=O) groups excluding carboxylic acids is 2. The number of nitrogens with one attached hydrogen (secondary N) is 1. The van der Waals surface area contributed by atoms with Crippen molar-refractivity contribution in [1.29, 1.82) is 0 Å². The molecule has 1 N–H and O–H groups in total. The summed E-state index contributed by atoms with van der Waals surface area (Å²) in [4.78, 5) is 27.6. The Kier molecular flexibility index (Phi) is 6.88. The third-order valence-electron chi connectivity index (χ3n) is 6.28. The van der Waals surface area contributed by atoms with Crippen LogP contribution in [0, 0.1) is 11.8 Å². The lowest BCUT2D eigenvalue weighted by Gasteiger charge is -2.31. The number of amides is 2. The molecule has 1 unspecified atom stereocenters. The fourth-order valence-corrected chi connectivity index (χ4v) is 4.09. The van der Waals surface area contributed by atoms with Crippen molar-refractivity contribution in [3.63, 3.8) is 0 Å². The van der Waals surface area contributed by atoms with Crippen LogP contribution < -0.4 is 5.32 Å². The minimum atomic E-state index is -0.155. The number of furan rings is 1. The second-order valence-corrected chi connectivity index (χ2v) is 9.33. The fourth-order valence-electron chi connectivity index (χ4n) is 3.91. The van der Waals surface area contributed by atoms with Crippen LogP contribution in [-0.2, 0) is 4.79 Å². The van der Waals surface area contributed by atoms with Gasteiger partial charge in [0.15, 0.2) is 11.5 Å². The van der Waals surface area contributed by atoms with Crippen LogP contribution >= 0.6 is 11.6 Å². The number of rotatable bonds is 6. The van der Waals surface area contributed by atoms with Gasteiger partial charge in [-0.3, -0.25) is 9.59 Å². The maximum Gasteiger partial charge on any atom is 0.274 e. The minimum absolute atomic E-state index is 0.0713. The Morgan fingerprint density at radius 1 is 1.12 bits per heavy atom. The van der Waals surface area contributed by atoms with Gasteiger partial charge < -0.3 is 14.6 Å². The average Bonchev–Trinajstić information content (AvgIpc) is 3.48. The van der Waals surface area contributed by atoms with Gasteiger partial charge in [0.05, 0.1) is 12.0 Å². The van der Waals surface area contributed by atoms with Crippen LogP contribution in [0.3, 0.4) is 0 Å². The maximum atomic E-state index is 13.3. The average molecular weight is 469 g/mol. The van der Waals surface area contributed by atoms with Crippen molar-refractivity contribution in [2.75, 3.05) is 13.1 Å². The van der Waals surface area contributed by atoms with Crippen molar-refractivity contribution in [2.24, 2.45) is 11.8 Å². The van der Waals surface area contributed by atoms with Gasteiger partial charge in [0, 0.05) is 36.1 Å². The number of likely N-dealkylation sites (tertiary alicyclic amines) is 1. The number of hydrogen-bond donors (Lipinski definition) is 1. The molecule has 0 bridgehead atoms. The van der Waals surface area contributed by atoms with Gasteiger partial charge in [-0.05, 0) is 56.0 Å². The summed E-state index contributed by atoms with van der Waals surface area (Å²) < 4.78 is 7.25. The molecule has 7 nitrogen and oxygen atoms in total. The van der Waals surface area contributed by atoms with E-state index in [1.54, 1.807) is 40.1 Å². The lowest BCUT2D eigenvalue weighted by atomic mass is 9.94. The van der Waals surface area contributed by atoms with E-state index in [0.717, 1.165) is 5.69 Å². The number of benzene rings is 1. The van der Waals surface area contributed by atoms with Gasteiger partial charge in [-0.1, -0.05) is 31.5 Å². The van der Waals surface area contributed by atoms with Crippen LogP contribution in [0.4, 0.5) is 0 Å². The molecule has 3 heterocycles. The second-order valence-electron chi connectivity index (χ2n) is 8.89. The predicted molar refractivity (Wildman–Crippen MR) is 127 cm³/mol. The number of nitrogens with zero attached hydrogens (tertiary/aromatic N) is 3. The highest BCUT2D eigenvalue weighted by molar-refractivity contribution is 6.30. The Bertz CT molecular complexity index is 1110. The van der Waals surface area contributed by atoms with E-state index in [1.807, 2.05) is 25.1 Å². The largest absolute Gasteiger partial charge is 0.463 e. The summed E-state index contributed by atoms with van der Waals surface area (Å²) in [5, 5.41) is 8.26. The third-order valence-corrected chi connectivity index (χ3v) is 6.51. The Balaban J connectivity index is 1.50. The first-order valence-electron chi connectivity index (χ1n) is 11.3. The van der Waals surface area contributed by atoms with E-state index in [-0.39, 0.29) is 23.8 Å². The Hall–Kier alpha value is -3.06. The highest BCUT2D eigenvalue weighted by Gasteiger charge is 2.30. The molecule has 2 amide bonds. The van der Waals surface area contributed by atoms with Crippen LogP contribution in [0.5, 0.6) is 0 Å². The molecule has 0 radical (unpaired) electrons. The zero-order valence-electron chi connectivity index (χ0n) is 19.1. The predicted octanol–water partition coefficient (Wildman–Crippen LogP) is 4.80. The van der Waals surface area contributed by atoms with Gasteiger partial charge >= 0.3 is 0 Å². The first-order valence-corrected chi connectivity index (χ1v) is 11.7. The minimum Gasteiger partial charge on any atom is -0.463 e. The van der Waals surface area contributed by atoms with Gasteiger partial charge in [0.1, 0.15) is 5.69 Å². The zero-order valence-corrected chi connectivity index (χ0v) is 19.9. The van der Waals surface area contributed by atoms with Crippen LogP contribution in [0.15, 0.2) is 53.1 Å². The molecule has 4 rings (SSSR count). The first kappa shape index (κ1) is 23.1. The molecule has 1 atom stereocenters. The highest BCUT2D eigenvalue weighted by Crippen LogP contribution is 2.27. The fraction of sp³-hybridized carbons (Fsp3) is 0.400.